The first-order valence-electron chi connectivity index (χ1n) is 12.0. The standard InChI is InChI=1S/C25H43NO2/c1-3-4-5-18(2)14-22(27)8-9-23-24-16-20(15-21(24)17-25(23)28)7-6-19-10-12-26-13-11-19/h8-9,15,18-19,21-28H,3-7,10-14,16-17H2,1-2H3/b9-8+/t18-,21-,22+,23+,24-,25+/m0/s1. The highest BCUT2D eigenvalue weighted by Crippen LogP contribution is 2.48. The Morgan fingerprint density at radius 1 is 1.29 bits per heavy atom. The number of piperidine rings is 1. The normalized spacial score (nSPS) is 33.2. The van der Waals surface area contributed by atoms with Crippen LogP contribution in [-0.4, -0.2) is 35.5 Å². The lowest BCUT2D eigenvalue weighted by Crippen LogP contribution is -2.27. The van der Waals surface area contributed by atoms with Crippen LogP contribution in [0.5, 0.6) is 0 Å². The Hall–Kier alpha value is -0.640. The molecule has 0 radical (unpaired) electrons. The molecule has 0 aromatic rings. The minimum absolute atomic E-state index is 0.221. The first kappa shape index (κ1) is 22.1. The summed E-state index contributed by atoms with van der Waals surface area (Å²) < 4.78 is 0. The number of aliphatic hydroxyl groups is 2. The van der Waals surface area contributed by atoms with E-state index in [0.717, 1.165) is 25.2 Å². The summed E-state index contributed by atoms with van der Waals surface area (Å²) in [6.45, 7) is 6.83. The minimum Gasteiger partial charge on any atom is -0.392 e. The van der Waals surface area contributed by atoms with Gasteiger partial charge in [-0.2, -0.15) is 0 Å². The van der Waals surface area contributed by atoms with Gasteiger partial charge in [0.15, 0.2) is 0 Å². The highest BCUT2D eigenvalue weighted by molar-refractivity contribution is 5.21. The number of nitrogens with one attached hydrogen (secondary N) is 1. The number of hydrogen-bond acceptors (Lipinski definition) is 3. The third-order valence-electron chi connectivity index (χ3n) is 7.53. The molecule has 0 aromatic heterocycles. The van der Waals surface area contributed by atoms with Gasteiger partial charge in [-0.1, -0.05) is 56.9 Å². The fraction of sp³-hybridized carbons (Fsp3) is 0.840. The van der Waals surface area contributed by atoms with Gasteiger partial charge in [-0.3, -0.25) is 0 Å². The molecule has 1 heterocycles. The summed E-state index contributed by atoms with van der Waals surface area (Å²) in [6.07, 6.45) is 17.8. The lowest BCUT2D eigenvalue weighted by atomic mass is 9.87. The van der Waals surface area contributed by atoms with Crippen molar-refractivity contribution in [3.63, 3.8) is 0 Å². The smallest absolute Gasteiger partial charge is 0.0723 e. The van der Waals surface area contributed by atoms with Crippen LogP contribution < -0.4 is 5.32 Å². The maximum Gasteiger partial charge on any atom is 0.0723 e. The monoisotopic (exact) mass is 389 g/mol. The molecule has 1 aliphatic heterocycles. The van der Waals surface area contributed by atoms with E-state index in [0.29, 0.717) is 17.8 Å². The second-order valence-corrected chi connectivity index (χ2v) is 9.90. The Morgan fingerprint density at radius 3 is 2.82 bits per heavy atom. The number of hydrogen-bond donors (Lipinski definition) is 3. The third-order valence-corrected chi connectivity index (χ3v) is 7.53. The molecule has 3 nitrogen and oxygen atoms in total. The van der Waals surface area contributed by atoms with Gasteiger partial charge in [-0.05, 0) is 81.7 Å². The summed E-state index contributed by atoms with van der Waals surface area (Å²) in [5, 5.41) is 24.4. The number of unbranched alkanes of at least 4 members (excludes halogenated alkanes) is 1. The molecule has 3 heteroatoms. The Kier molecular flexibility index (Phi) is 8.62. The van der Waals surface area contributed by atoms with Gasteiger partial charge >= 0.3 is 0 Å². The maximum absolute atomic E-state index is 10.6. The van der Waals surface area contributed by atoms with Crippen molar-refractivity contribution < 1.29 is 10.2 Å². The molecule has 1 saturated heterocycles. The lowest BCUT2D eigenvalue weighted by molar-refractivity contribution is 0.139. The lowest BCUT2D eigenvalue weighted by Gasteiger charge is -2.23. The molecule has 2 aliphatic carbocycles. The van der Waals surface area contributed by atoms with Crippen LogP contribution in [0.3, 0.4) is 0 Å². The molecule has 0 bridgehead atoms. The summed E-state index contributed by atoms with van der Waals surface area (Å²) in [6, 6.07) is 0. The fourth-order valence-electron chi connectivity index (χ4n) is 5.77. The van der Waals surface area contributed by atoms with Crippen LogP contribution in [-0.2, 0) is 0 Å². The number of allylic oxidation sites excluding steroid dienone is 2. The van der Waals surface area contributed by atoms with Crippen LogP contribution in [0.4, 0.5) is 0 Å². The topological polar surface area (TPSA) is 52.5 Å². The SMILES string of the molecule is CCCC[C@H](C)C[C@H](O)/C=C/[C@@H]1[C@H]2CC(CCC3CCNCC3)=C[C@H]2C[C@H]1O. The maximum atomic E-state index is 10.6. The molecule has 3 rings (SSSR count). The first-order valence-corrected chi connectivity index (χ1v) is 12.0. The molecule has 3 aliphatic rings. The van der Waals surface area contributed by atoms with E-state index in [-0.39, 0.29) is 18.1 Å². The highest BCUT2D eigenvalue weighted by atomic mass is 16.3. The van der Waals surface area contributed by atoms with Crippen molar-refractivity contribution in [3.8, 4) is 0 Å². The van der Waals surface area contributed by atoms with Gasteiger partial charge in [0.25, 0.3) is 0 Å². The second kappa shape index (κ2) is 10.9. The molecule has 28 heavy (non-hydrogen) atoms. The van der Waals surface area contributed by atoms with E-state index in [1.54, 1.807) is 5.57 Å². The Bertz CT molecular complexity index is 523. The van der Waals surface area contributed by atoms with E-state index in [4.69, 9.17) is 0 Å². The highest BCUT2D eigenvalue weighted by Gasteiger charge is 2.43. The van der Waals surface area contributed by atoms with Gasteiger partial charge in [0.05, 0.1) is 12.2 Å². The van der Waals surface area contributed by atoms with Crippen LogP contribution in [0.15, 0.2) is 23.8 Å². The molecule has 2 fully saturated rings. The van der Waals surface area contributed by atoms with Crippen molar-refractivity contribution in [1.29, 1.82) is 0 Å². The summed E-state index contributed by atoms with van der Waals surface area (Å²) in [5.74, 6) is 2.79. The first-order chi connectivity index (χ1) is 13.6. The van der Waals surface area contributed by atoms with E-state index < -0.39 is 0 Å². The zero-order chi connectivity index (χ0) is 19.9. The largest absolute Gasteiger partial charge is 0.392 e. The van der Waals surface area contributed by atoms with Gasteiger partial charge in [-0.15, -0.1) is 0 Å². The predicted octanol–water partition coefficient (Wildman–Crippen LogP) is 4.84. The molecule has 0 spiro atoms. The van der Waals surface area contributed by atoms with Gasteiger partial charge < -0.3 is 15.5 Å². The van der Waals surface area contributed by atoms with Crippen molar-refractivity contribution in [2.24, 2.45) is 29.6 Å². The third kappa shape index (κ3) is 6.18. The van der Waals surface area contributed by atoms with E-state index in [1.807, 2.05) is 6.08 Å². The van der Waals surface area contributed by atoms with Gasteiger partial charge in [-0.25, -0.2) is 0 Å². The Balaban J connectivity index is 1.45. The van der Waals surface area contributed by atoms with E-state index in [1.165, 1.54) is 58.0 Å². The van der Waals surface area contributed by atoms with E-state index in [9.17, 15) is 10.2 Å². The molecule has 0 amide bonds. The summed E-state index contributed by atoms with van der Waals surface area (Å²) in [4.78, 5) is 0. The van der Waals surface area contributed by atoms with Crippen molar-refractivity contribution in [2.45, 2.75) is 90.3 Å². The average Bonchev–Trinajstić information content (AvgIpc) is 3.20. The quantitative estimate of drug-likeness (QED) is 0.469. The Labute approximate surface area is 172 Å². The molecule has 1 saturated carbocycles. The Morgan fingerprint density at radius 2 is 2.07 bits per heavy atom. The fourth-order valence-corrected chi connectivity index (χ4v) is 5.77. The van der Waals surface area contributed by atoms with Crippen LogP contribution in [0.1, 0.15) is 78.1 Å². The van der Waals surface area contributed by atoms with Crippen LogP contribution in [0, 0.1) is 29.6 Å². The second-order valence-electron chi connectivity index (χ2n) is 9.90. The molecule has 3 N–H and O–H groups in total. The van der Waals surface area contributed by atoms with Gasteiger partial charge in [0.1, 0.15) is 0 Å². The van der Waals surface area contributed by atoms with E-state index in [2.05, 4.69) is 31.3 Å². The molecular formula is C25H43NO2. The van der Waals surface area contributed by atoms with Crippen LogP contribution in [0.2, 0.25) is 0 Å². The van der Waals surface area contributed by atoms with Gasteiger partial charge in [0.2, 0.25) is 0 Å². The molecule has 0 aromatic carbocycles. The zero-order valence-electron chi connectivity index (χ0n) is 18.2. The molecular weight excluding hydrogens is 346 g/mol. The number of aliphatic hydroxyl groups excluding tert-OH is 2. The van der Waals surface area contributed by atoms with Crippen LogP contribution in [0.25, 0.3) is 0 Å². The van der Waals surface area contributed by atoms with Crippen LogP contribution >= 0.6 is 0 Å². The summed E-state index contributed by atoms with van der Waals surface area (Å²) in [5.41, 5.74) is 1.63. The van der Waals surface area contributed by atoms with Crippen molar-refractivity contribution in [2.75, 3.05) is 13.1 Å². The average molecular weight is 390 g/mol. The minimum atomic E-state index is -0.369. The summed E-state index contributed by atoms with van der Waals surface area (Å²) in [7, 11) is 0. The van der Waals surface area contributed by atoms with Crippen molar-refractivity contribution in [3.05, 3.63) is 23.8 Å². The summed E-state index contributed by atoms with van der Waals surface area (Å²) >= 11 is 0. The number of rotatable bonds is 10. The predicted molar refractivity (Wildman–Crippen MR) is 117 cm³/mol. The molecule has 6 atom stereocenters. The van der Waals surface area contributed by atoms with E-state index >= 15 is 0 Å². The number of fused-ring (bicyclic) bond motifs is 1. The van der Waals surface area contributed by atoms with Gasteiger partial charge in [0, 0.05) is 5.92 Å². The van der Waals surface area contributed by atoms with Crippen molar-refractivity contribution in [1.82, 2.24) is 5.32 Å². The molecule has 160 valence electrons. The van der Waals surface area contributed by atoms with Crippen molar-refractivity contribution >= 4 is 0 Å². The zero-order valence-corrected chi connectivity index (χ0v) is 18.2. The molecule has 0 unspecified atom stereocenters.